The highest BCUT2D eigenvalue weighted by Gasteiger charge is 2.15. The molecule has 0 atom stereocenters. The van der Waals surface area contributed by atoms with Crippen LogP contribution in [0.1, 0.15) is 25.0 Å². The predicted octanol–water partition coefficient (Wildman–Crippen LogP) is 4.84. The van der Waals surface area contributed by atoms with Gasteiger partial charge >= 0.3 is 0 Å². The summed E-state index contributed by atoms with van der Waals surface area (Å²) in [6, 6.07) is 8.29. The van der Waals surface area contributed by atoms with E-state index < -0.39 is 5.82 Å². The van der Waals surface area contributed by atoms with E-state index >= 15 is 0 Å². The van der Waals surface area contributed by atoms with E-state index in [1.807, 2.05) is 26.0 Å². The maximum absolute atomic E-state index is 14.0. The van der Waals surface area contributed by atoms with Gasteiger partial charge < -0.3 is 14.8 Å². The van der Waals surface area contributed by atoms with Gasteiger partial charge in [0.15, 0.2) is 11.5 Å². The van der Waals surface area contributed by atoms with Crippen molar-refractivity contribution in [2.45, 2.75) is 33.5 Å². The Kier molecular flexibility index (Phi) is 7.27. The summed E-state index contributed by atoms with van der Waals surface area (Å²) in [6.45, 7) is 5.42. The third kappa shape index (κ3) is 5.16. The number of ether oxygens (including phenoxy) is 2. The molecule has 29 heavy (non-hydrogen) atoms. The van der Waals surface area contributed by atoms with E-state index in [9.17, 15) is 4.39 Å². The Bertz CT molecular complexity index is 965. The van der Waals surface area contributed by atoms with Crippen LogP contribution in [0.2, 0.25) is 5.02 Å². The summed E-state index contributed by atoms with van der Waals surface area (Å²) in [4.78, 5) is 0. The van der Waals surface area contributed by atoms with Crippen LogP contribution in [0, 0.1) is 5.82 Å². The molecule has 1 N–H and O–H groups in total. The molecule has 0 aliphatic heterocycles. The summed E-state index contributed by atoms with van der Waals surface area (Å²) < 4.78 is 28.0. The fourth-order valence-corrected chi connectivity index (χ4v) is 3.49. The van der Waals surface area contributed by atoms with E-state index in [0.29, 0.717) is 52.2 Å². The summed E-state index contributed by atoms with van der Waals surface area (Å²) in [5.41, 5.74) is 1.22. The Morgan fingerprint density at radius 2 is 2.07 bits per heavy atom. The molecule has 0 saturated heterocycles. The highest BCUT2D eigenvalue weighted by molar-refractivity contribution is 9.10. The van der Waals surface area contributed by atoms with Crippen LogP contribution in [-0.2, 0) is 19.7 Å². The number of anilines is 1. The lowest BCUT2D eigenvalue weighted by molar-refractivity contribution is 0.264. The normalized spacial score (nSPS) is 10.8. The minimum atomic E-state index is -0.416. The van der Waals surface area contributed by atoms with Gasteiger partial charge in [0.2, 0.25) is 5.95 Å². The van der Waals surface area contributed by atoms with Crippen LogP contribution in [0.3, 0.4) is 0 Å². The van der Waals surface area contributed by atoms with Gasteiger partial charge in [-0.05, 0) is 70.0 Å². The van der Waals surface area contributed by atoms with Gasteiger partial charge in [-0.3, -0.25) is 0 Å². The van der Waals surface area contributed by atoms with Gasteiger partial charge in [-0.2, -0.15) is 0 Å². The van der Waals surface area contributed by atoms with E-state index in [1.165, 1.54) is 6.07 Å². The van der Waals surface area contributed by atoms with Crippen molar-refractivity contribution in [3.8, 4) is 11.5 Å². The van der Waals surface area contributed by atoms with Gasteiger partial charge in [-0.1, -0.05) is 22.8 Å². The molecular weight excluding hydrogens is 465 g/mol. The second-order valence-electron chi connectivity index (χ2n) is 6.00. The zero-order valence-electron chi connectivity index (χ0n) is 16.0. The van der Waals surface area contributed by atoms with E-state index in [2.05, 4.69) is 36.8 Å². The molecule has 1 heterocycles. The zero-order chi connectivity index (χ0) is 20.8. The van der Waals surface area contributed by atoms with Crippen LogP contribution in [-0.4, -0.2) is 26.8 Å². The van der Waals surface area contributed by atoms with Crippen LogP contribution >= 0.6 is 27.5 Å². The highest BCUT2D eigenvalue weighted by atomic mass is 79.9. The van der Waals surface area contributed by atoms with Crippen LogP contribution < -0.4 is 14.8 Å². The molecule has 0 saturated carbocycles. The van der Waals surface area contributed by atoms with E-state index in [4.69, 9.17) is 21.1 Å². The van der Waals surface area contributed by atoms with Gasteiger partial charge in [0.1, 0.15) is 12.4 Å². The third-order valence-corrected chi connectivity index (χ3v) is 5.02. The Labute approximate surface area is 181 Å². The number of aromatic nitrogens is 4. The number of aryl methyl sites for hydroxylation is 1. The molecule has 1 aromatic heterocycles. The molecule has 0 radical (unpaired) electrons. The van der Waals surface area contributed by atoms with Crippen molar-refractivity contribution < 1.29 is 13.9 Å². The minimum Gasteiger partial charge on any atom is -0.490 e. The lowest BCUT2D eigenvalue weighted by atomic mass is 10.2. The number of benzene rings is 2. The van der Waals surface area contributed by atoms with Crippen LogP contribution in [0.15, 0.2) is 34.8 Å². The molecule has 0 amide bonds. The quantitative estimate of drug-likeness (QED) is 0.469. The molecule has 10 heteroatoms. The SMILES string of the molecule is CCOc1cc(CNc2nnnn2CC)cc(Br)c1OCc1c(F)cccc1Cl. The van der Waals surface area contributed by atoms with E-state index in [0.717, 1.165) is 5.56 Å². The van der Waals surface area contributed by atoms with Gasteiger partial charge in [0.25, 0.3) is 0 Å². The van der Waals surface area contributed by atoms with Crippen molar-refractivity contribution in [3.63, 3.8) is 0 Å². The number of rotatable bonds is 9. The first kappa shape index (κ1) is 21.3. The molecular formula is C19H20BrClFN5O2. The first-order chi connectivity index (χ1) is 14.0. The van der Waals surface area contributed by atoms with Crippen molar-refractivity contribution in [2.75, 3.05) is 11.9 Å². The maximum atomic E-state index is 14.0. The maximum Gasteiger partial charge on any atom is 0.243 e. The molecule has 0 aliphatic carbocycles. The summed E-state index contributed by atoms with van der Waals surface area (Å²) >= 11 is 9.61. The largest absolute Gasteiger partial charge is 0.490 e. The van der Waals surface area contributed by atoms with Crippen molar-refractivity contribution in [3.05, 3.63) is 56.8 Å². The van der Waals surface area contributed by atoms with Gasteiger partial charge in [0.05, 0.1) is 16.1 Å². The smallest absolute Gasteiger partial charge is 0.243 e. The van der Waals surface area contributed by atoms with Crippen molar-refractivity contribution >= 4 is 33.5 Å². The number of halogens is 3. The predicted molar refractivity (Wildman–Crippen MR) is 112 cm³/mol. The molecule has 0 fully saturated rings. The summed E-state index contributed by atoms with van der Waals surface area (Å²) in [7, 11) is 0. The molecule has 0 bridgehead atoms. The number of hydrogen-bond donors (Lipinski definition) is 1. The fraction of sp³-hybridized carbons (Fsp3) is 0.316. The average molecular weight is 485 g/mol. The van der Waals surface area contributed by atoms with E-state index in [-0.39, 0.29) is 6.61 Å². The Morgan fingerprint density at radius 3 is 2.79 bits per heavy atom. The topological polar surface area (TPSA) is 74.1 Å². The Balaban J connectivity index is 1.79. The third-order valence-electron chi connectivity index (χ3n) is 4.07. The van der Waals surface area contributed by atoms with Crippen molar-refractivity contribution in [1.29, 1.82) is 0 Å². The van der Waals surface area contributed by atoms with Crippen molar-refractivity contribution in [1.82, 2.24) is 20.2 Å². The summed E-state index contributed by atoms with van der Waals surface area (Å²) in [6.07, 6.45) is 0. The Morgan fingerprint density at radius 1 is 1.24 bits per heavy atom. The lowest BCUT2D eigenvalue weighted by Crippen LogP contribution is -2.08. The van der Waals surface area contributed by atoms with Crippen LogP contribution in [0.25, 0.3) is 0 Å². The molecule has 7 nitrogen and oxygen atoms in total. The lowest BCUT2D eigenvalue weighted by Gasteiger charge is -2.16. The molecule has 154 valence electrons. The summed E-state index contributed by atoms with van der Waals surface area (Å²) in [5.74, 6) is 1.19. The van der Waals surface area contributed by atoms with E-state index in [1.54, 1.807) is 16.8 Å². The van der Waals surface area contributed by atoms with Crippen LogP contribution in [0.4, 0.5) is 10.3 Å². The standard InChI is InChI=1S/C19H20BrClFN5O2/c1-3-27-19(24-25-26-27)23-10-12-8-14(20)18(17(9-12)28-4-2)29-11-13-15(21)6-5-7-16(13)22/h5-9H,3-4,10-11H2,1-2H3,(H,23,24,26). The molecule has 0 unspecified atom stereocenters. The van der Waals surface area contributed by atoms with Gasteiger partial charge in [-0.25, -0.2) is 9.07 Å². The van der Waals surface area contributed by atoms with Crippen molar-refractivity contribution in [2.24, 2.45) is 0 Å². The van der Waals surface area contributed by atoms with Gasteiger partial charge in [-0.15, -0.1) is 0 Å². The van der Waals surface area contributed by atoms with Crippen LogP contribution in [0.5, 0.6) is 11.5 Å². The molecule has 2 aromatic carbocycles. The Hall–Kier alpha value is -2.39. The molecule has 0 spiro atoms. The first-order valence-corrected chi connectivity index (χ1v) is 10.2. The number of nitrogens with one attached hydrogen (secondary N) is 1. The number of hydrogen-bond acceptors (Lipinski definition) is 6. The molecule has 3 rings (SSSR count). The molecule has 3 aromatic rings. The number of tetrazole rings is 1. The van der Waals surface area contributed by atoms with Gasteiger partial charge in [0, 0.05) is 18.7 Å². The second kappa shape index (κ2) is 9.89. The second-order valence-corrected chi connectivity index (χ2v) is 7.26. The fourth-order valence-electron chi connectivity index (χ4n) is 2.67. The molecule has 0 aliphatic rings. The highest BCUT2D eigenvalue weighted by Crippen LogP contribution is 2.38. The summed E-state index contributed by atoms with van der Waals surface area (Å²) in [5, 5.41) is 15.0. The first-order valence-electron chi connectivity index (χ1n) is 9.04. The zero-order valence-corrected chi connectivity index (χ0v) is 18.3. The monoisotopic (exact) mass is 483 g/mol. The average Bonchev–Trinajstić information content (AvgIpc) is 3.15. The number of nitrogens with zero attached hydrogens (tertiary/aromatic N) is 4. The minimum absolute atomic E-state index is 0.0208.